The van der Waals surface area contributed by atoms with E-state index < -0.39 is 0 Å². The molecule has 0 radical (unpaired) electrons. The third-order valence-electron chi connectivity index (χ3n) is 3.89. The van der Waals surface area contributed by atoms with Crippen molar-refractivity contribution in [3.05, 3.63) is 58.7 Å². The summed E-state index contributed by atoms with van der Waals surface area (Å²) in [7, 11) is 0. The van der Waals surface area contributed by atoms with Crippen molar-refractivity contribution in [2.45, 2.75) is 13.3 Å². The number of hydrogen-bond acceptors (Lipinski definition) is 5. The molecule has 0 atom stereocenters. The maximum Gasteiger partial charge on any atom is 0.258 e. The van der Waals surface area contributed by atoms with Crippen molar-refractivity contribution >= 4 is 23.3 Å². The van der Waals surface area contributed by atoms with Gasteiger partial charge in [-0.1, -0.05) is 6.07 Å². The highest BCUT2D eigenvalue weighted by Crippen LogP contribution is 2.30. The molecule has 6 heteroatoms. The third-order valence-corrected chi connectivity index (χ3v) is 4.59. The van der Waals surface area contributed by atoms with Crippen molar-refractivity contribution in [3.63, 3.8) is 0 Å². The van der Waals surface area contributed by atoms with Gasteiger partial charge in [-0.3, -0.25) is 9.78 Å². The summed E-state index contributed by atoms with van der Waals surface area (Å²) >= 11 is 1.36. The molecule has 3 heterocycles. The number of aryl methyl sites for hydroxylation is 1. The van der Waals surface area contributed by atoms with Gasteiger partial charge in [0.2, 0.25) is 0 Å². The van der Waals surface area contributed by atoms with Crippen LogP contribution in [0, 0.1) is 6.92 Å². The van der Waals surface area contributed by atoms with Gasteiger partial charge in [-0.15, -0.1) is 0 Å². The summed E-state index contributed by atoms with van der Waals surface area (Å²) in [6.45, 7) is 2.68. The van der Waals surface area contributed by atoms with Crippen molar-refractivity contribution in [3.8, 4) is 16.9 Å². The van der Waals surface area contributed by atoms with Crippen LogP contribution < -0.4 is 10.1 Å². The number of carbonyl (C=O) groups is 1. The van der Waals surface area contributed by atoms with Crippen molar-refractivity contribution in [1.82, 2.24) is 9.36 Å². The van der Waals surface area contributed by atoms with Gasteiger partial charge in [0.25, 0.3) is 5.91 Å². The Bertz CT molecular complexity index is 920. The summed E-state index contributed by atoms with van der Waals surface area (Å²) in [6.07, 6.45) is 4.25. The molecule has 0 saturated heterocycles. The maximum absolute atomic E-state index is 12.4. The van der Waals surface area contributed by atoms with Crippen LogP contribution in [0.25, 0.3) is 11.1 Å². The Labute approximate surface area is 143 Å². The molecular weight excluding hydrogens is 322 g/mol. The number of hydrogen-bond donors (Lipinski definition) is 1. The van der Waals surface area contributed by atoms with Gasteiger partial charge in [-0.25, -0.2) is 0 Å². The fourth-order valence-corrected chi connectivity index (χ4v) is 3.21. The molecule has 2 aromatic heterocycles. The standard InChI is InChI=1S/C18H15N3O2S/c1-11-6-17(21-24-11)20-18(22)15-8-14(9-19-10-15)12-2-3-16-13(7-12)4-5-23-16/h2-3,6-10H,4-5H2,1H3,(H,20,21,22). The lowest BCUT2D eigenvalue weighted by Crippen LogP contribution is -2.12. The molecule has 3 aromatic rings. The predicted molar refractivity (Wildman–Crippen MR) is 93.7 cm³/mol. The first-order chi connectivity index (χ1) is 11.7. The van der Waals surface area contributed by atoms with Gasteiger partial charge in [-0.2, -0.15) is 4.37 Å². The third kappa shape index (κ3) is 2.88. The number of benzene rings is 1. The van der Waals surface area contributed by atoms with Crippen LogP contribution >= 0.6 is 11.5 Å². The van der Waals surface area contributed by atoms with Crippen molar-refractivity contribution < 1.29 is 9.53 Å². The molecule has 0 aliphatic carbocycles. The van der Waals surface area contributed by atoms with Gasteiger partial charge in [0.15, 0.2) is 0 Å². The van der Waals surface area contributed by atoms with Crippen LogP contribution in [-0.2, 0) is 6.42 Å². The second kappa shape index (κ2) is 6.05. The minimum Gasteiger partial charge on any atom is -0.493 e. The minimum absolute atomic E-state index is 0.209. The number of anilines is 1. The van der Waals surface area contributed by atoms with Gasteiger partial charge >= 0.3 is 0 Å². The predicted octanol–water partition coefficient (Wildman–Crippen LogP) is 3.70. The van der Waals surface area contributed by atoms with Crippen LogP contribution in [0.1, 0.15) is 20.8 Å². The molecule has 1 aromatic carbocycles. The molecule has 1 aliphatic heterocycles. The number of pyridine rings is 1. The summed E-state index contributed by atoms with van der Waals surface area (Å²) in [6, 6.07) is 9.76. The largest absolute Gasteiger partial charge is 0.493 e. The van der Waals surface area contributed by atoms with Gasteiger partial charge in [0, 0.05) is 29.3 Å². The number of ether oxygens (including phenoxy) is 1. The minimum atomic E-state index is -0.209. The van der Waals surface area contributed by atoms with E-state index in [1.54, 1.807) is 12.4 Å². The average Bonchev–Trinajstić information content (AvgIpc) is 3.23. The zero-order chi connectivity index (χ0) is 16.5. The van der Waals surface area contributed by atoms with E-state index in [1.165, 1.54) is 17.1 Å². The van der Waals surface area contributed by atoms with E-state index in [1.807, 2.05) is 31.2 Å². The maximum atomic E-state index is 12.4. The summed E-state index contributed by atoms with van der Waals surface area (Å²) in [5.74, 6) is 1.31. The summed E-state index contributed by atoms with van der Waals surface area (Å²) in [4.78, 5) is 17.7. The molecule has 1 aliphatic rings. The zero-order valence-electron chi connectivity index (χ0n) is 13.1. The molecular formula is C18H15N3O2S. The van der Waals surface area contributed by atoms with E-state index >= 15 is 0 Å². The Morgan fingerprint density at radius 1 is 1.21 bits per heavy atom. The number of nitrogens with zero attached hydrogens (tertiary/aromatic N) is 2. The topological polar surface area (TPSA) is 64.1 Å². The Hall–Kier alpha value is -2.73. The molecule has 4 rings (SSSR count). The lowest BCUT2D eigenvalue weighted by Gasteiger charge is -2.07. The smallest absolute Gasteiger partial charge is 0.258 e. The van der Waals surface area contributed by atoms with E-state index in [4.69, 9.17) is 4.74 Å². The average molecular weight is 337 g/mol. The van der Waals surface area contributed by atoms with E-state index in [0.717, 1.165) is 34.8 Å². The number of amides is 1. The molecule has 1 N–H and O–H groups in total. The number of fused-ring (bicyclic) bond motifs is 1. The number of aromatic nitrogens is 2. The Morgan fingerprint density at radius 3 is 2.96 bits per heavy atom. The second-order valence-corrected chi connectivity index (χ2v) is 6.67. The van der Waals surface area contributed by atoms with Gasteiger partial charge in [0.1, 0.15) is 11.6 Å². The highest BCUT2D eigenvalue weighted by molar-refractivity contribution is 7.06. The normalized spacial score (nSPS) is 12.5. The summed E-state index contributed by atoms with van der Waals surface area (Å²) in [5, 5.41) is 2.80. The molecule has 5 nitrogen and oxygen atoms in total. The van der Waals surface area contributed by atoms with Crippen LogP contribution in [0.4, 0.5) is 5.82 Å². The van der Waals surface area contributed by atoms with E-state index in [0.29, 0.717) is 11.4 Å². The molecule has 0 bridgehead atoms. The molecule has 0 fully saturated rings. The van der Waals surface area contributed by atoms with E-state index in [-0.39, 0.29) is 5.91 Å². The fraction of sp³-hybridized carbons (Fsp3) is 0.167. The first-order valence-corrected chi connectivity index (χ1v) is 8.42. The number of rotatable bonds is 3. The van der Waals surface area contributed by atoms with Crippen LogP contribution in [0.2, 0.25) is 0 Å². The zero-order valence-corrected chi connectivity index (χ0v) is 13.9. The molecule has 0 saturated carbocycles. The molecule has 0 unspecified atom stereocenters. The van der Waals surface area contributed by atoms with E-state index in [9.17, 15) is 4.79 Å². The van der Waals surface area contributed by atoms with Crippen LogP contribution in [0.3, 0.4) is 0 Å². The Balaban J connectivity index is 1.60. The van der Waals surface area contributed by atoms with Crippen LogP contribution in [0.5, 0.6) is 5.75 Å². The van der Waals surface area contributed by atoms with E-state index in [2.05, 4.69) is 20.7 Å². The summed E-state index contributed by atoms with van der Waals surface area (Å²) < 4.78 is 9.71. The Morgan fingerprint density at radius 2 is 2.12 bits per heavy atom. The number of nitrogens with one attached hydrogen (secondary N) is 1. The molecule has 120 valence electrons. The molecule has 24 heavy (non-hydrogen) atoms. The SMILES string of the molecule is Cc1cc(NC(=O)c2cncc(-c3ccc4c(c3)CCO4)c2)ns1. The van der Waals surface area contributed by atoms with Gasteiger partial charge < -0.3 is 10.1 Å². The number of carbonyl (C=O) groups excluding carboxylic acids is 1. The second-order valence-electron chi connectivity index (χ2n) is 5.66. The van der Waals surface area contributed by atoms with Crippen molar-refractivity contribution in [2.75, 3.05) is 11.9 Å². The highest BCUT2D eigenvalue weighted by Gasteiger charge is 2.14. The van der Waals surface area contributed by atoms with Gasteiger partial charge in [0.05, 0.1) is 12.2 Å². The quantitative estimate of drug-likeness (QED) is 0.791. The lowest BCUT2D eigenvalue weighted by molar-refractivity contribution is 0.102. The van der Waals surface area contributed by atoms with Crippen molar-refractivity contribution in [2.24, 2.45) is 0 Å². The lowest BCUT2D eigenvalue weighted by atomic mass is 10.0. The van der Waals surface area contributed by atoms with Crippen LogP contribution in [0.15, 0.2) is 42.7 Å². The first-order valence-electron chi connectivity index (χ1n) is 7.65. The van der Waals surface area contributed by atoms with Crippen LogP contribution in [-0.4, -0.2) is 21.9 Å². The molecule has 1 amide bonds. The highest BCUT2D eigenvalue weighted by atomic mass is 32.1. The Kier molecular flexibility index (Phi) is 3.74. The van der Waals surface area contributed by atoms with Crippen molar-refractivity contribution in [1.29, 1.82) is 0 Å². The fourth-order valence-electron chi connectivity index (χ4n) is 2.70. The monoisotopic (exact) mass is 337 g/mol. The first kappa shape index (κ1) is 14.8. The molecule has 0 spiro atoms. The summed E-state index contributed by atoms with van der Waals surface area (Å²) in [5.41, 5.74) is 3.65. The van der Waals surface area contributed by atoms with Gasteiger partial charge in [-0.05, 0) is 53.8 Å².